The van der Waals surface area contributed by atoms with Crippen molar-refractivity contribution >= 4 is 0 Å². The number of aliphatic hydroxyl groups excluding tert-OH is 1. The van der Waals surface area contributed by atoms with E-state index in [0.717, 1.165) is 61.2 Å². The Morgan fingerprint density at radius 3 is 0.849 bits per heavy atom. The van der Waals surface area contributed by atoms with Crippen LogP contribution in [0.4, 0.5) is 0 Å². The summed E-state index contributed by atoms with van der Waals surface area (Å²) in [6.45, 7) is 2.37. The van der Waals surface area contributed by atoms with Crippen molar-refractivity contribution in [1.29, 1.82) is 0 Å². The van der Waals surface area contributed by atoms with E-state index in [0.29, 0.717) is 106 Å². The van der Waals surface area contributed by atoms with Crippen LogP contribution < -0.4 is 47.4 Å². The van der Waals surface area contributed by atoms with Crippen LogP contribution in [0.3, 0.4) is 0 Å². The van der Waals surface area contributed by atoms with E-state index in [9.17, 15) is 5.11 Å². The molecular weight excluding hydrogens is 1320 g/mol. The summed E-state index contributed by atoms with van der Waals surface area (Å²) in [6, 6.07) is 107. The maximum Gasteiger partial charge on any atom is 0.162 e. The zero-order valence-corrected chi connectivity index (χ0v) is 58.8. The summed E-state index contributed by atoms with van der Waals surface area (Å²) >= 11 is 0. The summed E-state index contributed by atoms with van der Waals surface area (Å²) in [7, 11) is 0. The average molecular weight is 1400 g/mol. The molecule has 106 heavy (non-hydrogen) atoms. The smallest absolute Gasteiger partial charge is 0.162 e. The fourth-order valence-electron chi connectivity index (χ4n) is 13.4. The van der Waals surface area contributed by atoms with Gasteiger partial charge in [-0.1, -0.05) is 285 Å². The van der Waals surface area contributed by atoms with Gasteiger partial charge in [0.25, 0.3) is 0 Å². The summed E-state index contributed by atoms with van der Waals surface area (Å²) in [5.74, 6) is 5.25. The van der Waals surface area contributed by atoms with Crippen molar-refractivity contribution in [3.63, 3.8) is 0 Å². The van der Waals surface area contributed by atoms with E-state index < -0.39 is 24.4 Å². The first-order valence-electron chi connectivity index (χ1n) is 36.1. The zero-order valence-electron chi connectivity index (χ0n) is 58.8. The number of hydrogen-bond donors (Lipinski definition) is 1. The van der Waals surface area contributed by atoms with E-state index in [2.05, 4.69) is 36.4 Å². The molecular formula is C94H82O12. The number of rotatable bonds is 31. The summed E-state index contributed by atoms with van der Waals surface area (Å²) in [5.41, 5.74) is 13.1. The van der Waals surface area contributed by atoms with Crippen LogP contribution in [0.15, 0.2) is 322 Å². The van der Waals surface area contributed by atoms with Crippen LogP contribution in [0.25, 0.3) is 0 Å². The molecule has 12 heteroatoms. The second-order valence-electron chi connectivity index (χ2n) is 26.5. The van der Waals surface area contributed by atoms with E-state index >= 15 is 0 Å². The largest absolute Gasteiger partial charge is 0.488 e. The molecule has 530 valence electrons. The van der Waals surface area contributed by atoms with Crippen LogP contribution in [0.2, 0.25) is 0 Å². The molecule has 0 saturated heterocycles. The van der Waals surface area contributed by atoms with E-state index in [-0.39, 0.29) is 52.5 Å². The Bertz CT molecular complexity index is 4940. The third kappa shape index (κ3) is 17.7. The molecule has 0 radical (unpaired) electrons. The SMILES string of the molecule is O[C@H]1Cc2c(OCc3ccccc3)cc(OCc3ccccc3)c(Cc3c(OCc4ccccc4)cc(OCc4ccccc4)c4c3O[C@H](c3ccc(OCc5ccccc5)c(OCc5ccccc5)c3)[C@@H](OCc3ccccc3)C4)c2O[C@@H]1c1ccc(OCc2ccccc2)c(OCc2ccccc2)c1. The Kier molecular flexibility index (Phi) is 22.5. The molecule has 0 bridgehead atoms. The minimum atomic E-state index is -1.07. The van der Waals surface area contributed by atoms with Gasteiger partial charge in [0.2, 0.25) is 0 Å². The second kappa shape index (κ2) is 34.4. The maximum absolute atomic E-state index is 12.9. The first kappa shape index (κ1) is 69.5. The number of hydrogen-bond acceptors (Lipinski definition) is 12. The molecule has 0 spiro atoms. The molecule has 15 rings (SSSR count). The fourth-order valence-corrected chi connectivity index (χ4v) is 13.4. The van der Waals surface area contributed by atoms with E-state index in [1.165, 1.54) is 0 Å². The number of aliphatic hydroxyl groups is 1. The molecule has 0 unspecified atom stereocenters. The highest BCUT2D eigenvalue weighted by atomic mass is 16.6. The molecule has 2 aliphatic heterocycles. The lowest BCUT2D eigenvalue weighted by atomic mass is 9.87. The van der Waals surface area contributed by atoms with Gasteiger partial charge in [0.15, 0.2) is 29.1 Å². The molecule has 0 aromatic heterocycles. The Morgan fingerprint density at radius 2 is 0.519 bits per heavy atom. The summed E-state index contributed by atoms with van der Waals surface area (Å²) < 4.78 is 78.0. The van der Waals surface area contributed by atoms with E-state index in [1.807, 2.05) is 285 Å². The van der Waals surface area contributed by atoms with Crippen LogP contribution in [-0.2, 0) is 83.5 Å². The number of benzene rings is 13. The zero-order chi connectivity index (χ0) is 71.5. The van der Waals surface area contributed by atoms with Gasteiger partial charge in [0.1, 0.15) is 99.6 Å². The third-order valence-electron chi connectivity index (χ3n) is 19.0. The van der Waals surface area contributed by atoms with Crippen molar-refractivity contribution in [1.82, 2.24) is 0 Å². The minimum absolute atomic E-state index is 0.122. The van der Waals surface area contributed by atoms with Crippen LogP contribution >= 0.6 is 0 Å². The monoisotopic (exact) mass is 1400 g/mol. The number of fused-ring (bicyclic) bond motifs is 2. The standard InChI is InChI=1S/C94H82O12/c95-81-53-79-86(100-61-70-36-18-5-19-37-70)55-84(98-59-68-32-14-3-15-33-68)77(93(79)105-91(81)75-46-48-82(96-57-66-28-10-1-11-29-66)88(50-75)102-63-72-40-22-7-23-41-72)52-78-85(99-60-69-34-16-4-17-35-69)56-87(101-62-71-38-20-6-21-39-71)80-54-90(104-65-74-44-26-9-27-45-74)92(106-94(78)80)76-47-49-83(97-58-67-30-12-2-13-31-67)89(51-76)103-64-73-42-24-8-25-43-73/h1-51,55-56,81,90-92,95H,52-54,57-65H2/t81-,90-,91+,92+/m0/s1. The molecule has 2 aliphatic rings. The predicted octanol–water partition coefficient (Wildman–Crippen LogP) is 20.2. The molecule has 0 aliphatic carbocycles. The fraction of sp³-hybridized carbons (Fsp3) is 0.170. The molecule has 2 heterocycles. The van der Waals surface area contributed by atoms with Crippen LogP contribution in [0, 0.1) is 0 Å². The molecule has 13 aromatic carbocycles. The van der Waals surface area contributed by atoms with Gasteiger partial charge in [-0.2, -0.15) is 0 Å². The lowest BCUT2D eigenvalue weighted by Gasteiger charge is -2.37. The van der Waals surface area contributed by atoms with E-state index in [1.54, 1.807) is 0 Å². The lowest BCUT2D eigenvalue weighted by Crippen LogP contribution is -2.34. The quantitative estimate of drug-likeness (QED) is 0.0445. The highest BCUT2D eigenvalue weighted by Gasteiger charge is 2.41. The van der Waals surface area contributed by atoms with Gasteiger partial charge < -0.3 is 57.2 Å². The van der Waals surface area contributed by atoms with Crippen LogP contribution in [0.1, 0.15) is 95.7 Å². The Morgan fingerprint density at radius 1 is 0.255 bits per heavy atom. The van der Waals surface area contributed by atoms with Gasteiger partial charge in [-0.15, -0.1) is 0 Å². The first-order chi connectivity index (χ1) is 52.4. The molecule has 0 amide bonds. The molecule has 12 nitrogen and oxygen atoms in total. The van der Waals surface area contributed by atoms with Crippen molar-refractivity contribution in [2.24, 2.45) is 0 Å². The van der Waals surface area contributed by atoms with Crippen molar-refractivity contribution in [3.8, 4) is 57.5 Å². The second-order valence-corrected chi connectivity index (χ2v) is 26.5. The highest BCUT2D eigenvalue weighted by Crippen LogP contribution is 2.53. The van der Waals surface area contributed by atoms with Gasteiger partial charge >= 0.3 is 0 Å². The van der Waals surface area contributed by atoms with Crippen LogP contribution in [-0.4, -0.2) is 17.3 Å². The molecule has 0 fully saturated rings. The third-order valence-corrected chi connectivity index (χ3v) is 19.0. The van der Waals surface area contributed by atoms with Crippen molar-refractivity contribution < 1.29 is 57.2 Å². The van der Waals surface area contributed by atoms with Crippen molar-refractivity contribution in [2.75, 3.05) is 0 Å². The van der Waals surface area contributed by atoms with Gasteiger partial charge in [0.05, 0.1) is 12.7 Å². The Labute approximate surface area is 619 Å². The highest BCUT2D eigenvalue weighted by molar-refractivity contribution is 5.66. The van der Waals surface area contributed by atoms with Gasteiger partial charge in [-0.05, 0) is 85.5 Å². The molecule has 1 N–H and O–H groups in total. The summed E-state index contributed by atoms with van der Waals surface area (Å²) in [6.07, 6.45) is -2.73. The predicted molar refractivity (Wildman–Crippen MR) is 410 cm³/mol. The lowest BCUT2D eigenvalue weighted by molar-refractivity contribution is -0.0472. The van der Waals surface area contributed by atoms with Gasteiger partial charge in [-0.3, -0.25) is 0 Å². The normalized spacial score (nSPS) is 15.0. The summed E-state index contributed by atoms with van der Waals surface area (Å²) in [4.78, 5) is 0. The van der Waals surface area contributed by atoms with E-state index in [4.69, 9.17) is 52.1 Å². The van der Waals surface area contributed by atoms with Crippen LogP contribution in [0.5, 0.6) is 57.5 Å². The first-order valence-corrected chi connectivity index (χ1v) is 36.1. The minimum Gasteiger partial charge on any atom is -0.488 e. The topological polar surface area (TPSA) is 122 Å². The summed E-state index contributed by atoms with van der Waals surface area (Å²) in [5, 5.41) is 12.9. The maximum atomic E-state index is 12.9. The number of ether oxygens (including phenoxy) is 11. The van der Waals surface area contributed by atoms with Crippen molar-refractivity contribution in [2.45, 2.75) is 103 Å². The molecule has 0 saturated carbocycles. The van der Waals surface area contributed by atoms with Gasteiger partial charge in [0, 0.05) is 53.6 Å². The van der Waals surface area contributed by atoms with Crippen molar-refractivity contribution in [3.05, 3.63) is 405 Å². The van der Waals surface area contributed by atoms with Gasteiger partial charge in [-0.25, -0.2) is 0 Å². The molecule has 13 aromatic rings. The molecule has 4 atom stereocenters. The average Bonchev–Trinajstić information content (AvgIpc) is 0.744. The Hall–Kier alpha value is -12.2. The Balaban J connectivity index is 0.903.